The summed E-state index contributed by atoms with van der Waals surface area (Å²) >= 11 is 0. The molecule has 3 aromatic carbocycles. The molecule has 0 radical (unpaired) electrons. The largest absolute Gasteiger partial charge is 0.394 e. The van der Waals surface area contributed by atoms with Gasteiger partial charge in [-0.3, -0.25) is 4.79 Å². The Hall–Kier alpha value is -3.11. The molecule has 4 rings (SSSR count). The van der Waals surface area contributed by atoms with E-state index in [-0.39, 0.29) is 43.0 Å². The van der Waals surface area contributed by atoms with Gasteiger partial charge in [0.2, 0.25) is 10.0 Å². The number of hydrogen-bond donors (Lipinski definition) is 1. The SMILES string of the molecule is C[C@@H]1CN([C@H](C)CO)C(=O)c2ccccc2-c2ccccc2CO[C@H]1CN(C)S(=O)(=O)c1ccc(F)cc1. The number of aliphatic hydroxyl groups is 1. The van der Waals surface area contributed by atoms with E-state index >= 15 is 0 Å². The van der Waals surface area contributed by atoms with Crippen LogP contribution in [0.2, 0.25) is 0 Å². The van der Waals surface area contributed by atoms with Crippen LogP contribution in [0.15, 0.2) is 77.7 Å². The predicted octanol–water partition coefficient (Wildman–Crippen LogP) is 4.17. The van der Waals surface area contributed by atoms with Gasteiger partial charge in [-0.25, -0.2) is 12.8 Å². The second kappa shape index (κ2) is 11.7. The molecular formula is C29H33FN2O5S. The molecule has 1 aliphatic rings. The van der Waals surface area contributed by atoms with E-state index in [0.29, 0.717) is 5.56 Å². The zero-order chi connectivity index (χ0) is 27.4. The third kappa shape index (κ3) is 5.81. The Morgan fingerprint density at radius 1 is 1.03 bits per heavy atom. The molecule has 3 aromatic rings. The summed E-state index contributed by atoms with van der Waals surface area (Å²) in [7, 11) is -2.45. The van der Waals surface area contributed by atoms with Crippen LogP contribution >= 0.6 is 0 Å². The molecule has 7 nitrogen and oxygen atoms in total. The Morgan fingerprint density at radius 2 is 1.63 bits per heavy atom. The van der Waals surface area contributed by atoms with Crippen LogP contribution in [0.3, 0.4) is 0 Å². The molecule has 1 amide bonds. The fourth-order valence-corrected chi connectivity index (χ4v) is 5.87. The zero-order valence-corrected chi connectivity index (χ0v) is 22.6. The number of benzene rings is 3. The maximum absolute atomic E-state index is 13.9. The topological polar surface area (TPSA) is 87.2 Å². The summed E-state index contributed by atoms with van der Waals surface area (Å²) in [5.74, 6) is -1.01. The first kappa shape index (κ1) is 27.9. The minimum absolute atomic E-state index is 0.0165. The zero-order valence-electron chi connectivity index (χ0n) is 21.7. The molecule has 0 unspecified atom stereocenters. The van der Waals surface area contributed by atoms with Crippen LogP contribution in [0.1, 0.15) is 29.8 Å². The molecule has 38 heavy (non-hydrogen) atoms. The van der Waals surface area contributed by atoms with Crippen molar-refractivity contribution in [3.05, 3.63) is 89.7 Å². The summed E-state index contributed by atoms with van der Waals surface area (Å²) in [6.45, 7) is 3.95. The van der Waals surface area contributed by atoms with Crippen molar-refractivity contribution in [1.82, 2.24) is 9.21 Å². The Balaban J connectivity index is 1.73. The van der Waals surface area contributed by atoms with Gasteiger partial charge in [-0.05, 0) is 53.9 Å². The number of nitrogens with zero attached hydrogens (tertiary/aromatic N) is 2. The Morgan fingerprint density at radius 3 is 2.29 bits per heavy atom. The highest BCUT2D eigenvalue weighted by Crippen LogP contribution is 2.31. The first-order valence-electron chi connectivity index (χ1n) is 12.6. The third-order valence-corrected chi connectivity index (χ3v) is 8.89. The lowest BCUT2D eigenvalue weighted by Crippen LogP contribution is -2.47. The van der Waals surface area contributed by atoms with Crippen molar-refractivity contribution in [1.29, 1.82) is 0 Å². The van der Waals surface area contributed by atoms with Gasteiger partial charge < -0.3 is 14.7 Å². The molecule has 1 N–H and O–H groups in total. The van der Waals surface area contributed by atoms with Gasteiger partial charge in [0.05, 0.1) is 30.3 Å². The van der Waals surface area contributed by atoms with Crippen molar-refractivity contribution < 1.29 is 27.4 Å². The molecular weight excluding hydrogens is 507 g/mol. The van der Waals surface area contributed by atoms with Crippen LogP contribution < -0.4 is 0 Å². The van der Waals surface area contributed by atoms with E-state index in [9.17, 15) is 22.7 Å². The second-order valence-electron chi connectivity index (χ2n) is 9.76. The van der Waals surface area contributed by atoms with Gasteiger partial charge in [-0.2, -0.15) is 4.31 Å². The lowest BCUT2D eigenvalue weighted by atomic mass is 9.94. The minimum atomic E-state index is -3.91. The summed E-state index contributed by atoms with van der Waals surface area (Å²) in [4.78, 5) is 15.5. The molecule has 0 bridgehead atoms. The highest BCUT2D eigenvalue weighted by Gasteiger charge is 2.32. The quantitative estimate of drug-likeness (QED) is 0.507. The van der Waals surface area contributed by atoms with Crippen LogP contribution in [-0.4, -0.2) is 67.5 Å². The van der Waals surface area contributed by atoms with Gasteiger partial charge in [-0.15, -0.1) is 0 Å². The van der Waals surface area contributed by atoms with E-state index in [0.717, 1.165) is 28.8 Å². The minimum Gasteiger partial charge on any atom is -0.394 e. The highest BCUT2D eigenvalue weighted by molar-refractivity contribution is 7.89. The smallest absolute Gasteiger partial charge is 0.254 e. The number of hydrogen-bond acceptors (Lipinski definition) is 5. The van der Waals surface area contributed by atoms with Gasteiger partial charge in [0, 0.05) is 31.6 Å². The summed E-state index contributed by atoms with van der Waals surface area (Å²) in [5.41, 5.74) is 3.03. The number of fused-ring (bicyclic) bond motifs is 3. The van der Waals surface area contributed by atoms with E-state index < -0.39 is 28.0 Å². The van der Waals surface area contributed by atoms with Crippen molar-refractivity contribution in [2.45, 2.75) is 37.5 Å². The molecule has 1 heterocycles. The number of rotatable bonds is 6. The Bertz CT molecular complexity index is 1380. The first-order chi connectivity index (χ1) is 18.1. The number of ether oxygens (including phenoxy) is 1. The molecule has 0 saturated carbocycles. The van der Waals surface area contributed by atoms with Crippen LogP contribution in [-0.2, 0) is 21.4 Å². The lowest BCUT2D eigenvalue weighted by molar-refractivity contribution is -0.0146. The Kier molecular flexibility index (Phi) is 8.62. The van der Waals surface area contributed by atoms with Crippen LogP contribution in [0.4, 0.5) is 4.39 Å². The van der Waals surface area contributed by atoms with E-state index in [2.05, 4.69) is 0 Å². The van der Waals surface area contributed by atoms with Crippen molar-refractivity contribution in [2.24, 2.45) is 5.92 Å². The number of halogens is 1. The lowest BCUT2D eigenvalue weighted by Gasteiger charge is -2.35. The Labute approximate surface area is 223 Å². The van der Waals surface area contributed by atoms with Crippen LogP contribution in [0.25, 0.3) is 11.1 Å². The van der Waals surface area contributed by atoms with Crippen LogP contribution in [0, 0.1) is 11.7 Å². The molecule has 3 atom stereocenters. The average molecular weight is 541 g/mol. The van der Waals surface area contributed by atoms with Gasteiger partial charge in [0.15, 0.2) is 0 Å². The summed E-state index contributed by atoms with van der Waals surface area (Å²) in [5, 5.41) is 9.96. The fourth-order valence-electron chi connectivity index (χ4n) is 4.69. The molecule has 0 saturated heterocycles. The van der Waals surface area contributed by atoms with Crippen molar-refractivity contribution in [2.75, 3.05) is 26.7 Å². The number of carbonyl (C=O) groups is 1. The molecule has 0 spiro atoms. The number of carbonyl (C=O) groups excluding carboxylic acids is 1. The van der Waals surface area contributed by atoms with Gasteiger partial charge in [-0.1, -0.05) is 49.4 Å². The van der Waals surface area contributed by atoms with E-state index in [1.54, 1.807) is 17.9 Å². The maximum Gasteiger partial charge on any atom is 0.254 e. The number of likely N-dealkylation sites (N-methyl/N-ethyl adjacent to an activating group) is 1. The van der Waals surface area contributed by atoms with E-state index in [1.807, 2.05) is 49.4 Å². The third-order valence-electron chi connectivity index (χ3n) is 7.05. The normalized spacial score (nSPS) is 19.4. The maximum atomic E-state index is 13.9. The molecule has 0 fully saturated rings. The molecule has 9 heteroatoms. The molecule has 202 valence electrons. The second-order valence-corrected chi connectivity index (χ2v) is 11.8. The van der Waals surface area contributed by atoms with Crippen molar-refractivity contribution in [3.63, 3.8) is 0 Å². The fraction of sp³-hybridized carbons (Fsp3) is 0.345. The average Bonchev–Trinajstić information content (AvgIpc) is 2.94. The molecule has 0 aliphatic carbocycles. The first-order valence-corrected chi connectivity index (χ1v) is 14.0. The number of aliphatic hydroxyl groups excluding tert-OH is 1. The van der Waals surface area contributed by atoms with Gasteiger partial charge >= 0.3 is 0 Å². The van der Waals surface area contributed by atoms with E-state index in [4.69, 9.17) is 4.74 Å². The highest BCUT2D eigenvalue weighted by atomic mass is 32.2. The monoisotopic (exact) mass is 540 g/mol. The predicted molar refractivity (Wildman–Crippen MR) is 143 cm³/mol. The van der Waals surface area contributed by atoms with Crippen molar-refractivity contribution in [3.8, 4) is 11.1 Å². The van der Waals surface area contributed by atoms with Crippen molar-refractivity contribution >= 4 is 15.9 Å². The number of sulfonamides is 1. The summed E-state index contributed by atoms with van der Waals surface area (Å²) in [6.07, 6.45) is -0.578. The molecule has 1 aliphatic heterocycles. The summed E-state index contributed by atoms with van der Waals surface area (Å²) in [6, 6.07) is 19.3. The summed E-state index contributed by atoms with van der Waals surface area (Å²) < 4.78 is 47.4. The molecule has 0 aromatic heterocycles. The van der Waals surface area contributed by atoms with Gasteiger partial charge in [0.25, 0.3) is 5.91 Å². The van der Waals surface area contributed by atoms with Gasteiger partial charge in [0.1, 0.15) is 5.82 Å². The number of amides is 1. The van der Waals surface area contributed by atoms with Crippen LogP contribution in [0.5, 0.6) is 0 Å². The standard InChI is InChI=1S/C29H33FN2O5S/c1-20-16-32(21(2)18-33)29(34)27-11-7-6-10-26(27)25-9-5-4-8-22(25)19-37-28(20)17-31(3)38(35,36)24-14-12-23(30)13-15-24/h4-15,20-21,28,33H,16-19H2,1-3H3/t20-,21-,28+/m1/s1. The van der Waals surface area contributed by atoms with E-state index in [1.165, 1.54) is 23.5 Å².